The Hall–Kier alpha value is -0.990. The standard InChI is InChI=1S/C14H27N3/c1-11(2)17-9-8-15-12(17)16-14(6,7)10-13(3,4)5/h8-9,11H,10H2,1-7H3,(H,15,16). The first-order valence-corrected chi connectivity index (χ1v) is 6.42. The maximum atomic E-state index is 4.40. The second kappa shape index (κ2) is 4.71. The summed E-state index contributed by atoms with van der Waals surface area (Å²) in [5.41, 5.74) is 0.363. The van der Waals surface area contributed by atoms with Crippen molar-refractivity contribution in [3.8, 4) is 0 Å². The summed E-state index contributed by atoms with van der Waals surface area (Å²) in [6.45, 7) is 15.6. The van der Waals surface area contributed by atoms with Gasteiger partial charge in [0.25, 0.3) is 0 Å². The fourth-order valence-electron chi connectivity index (χ4n) is 2.50. The lowest BCUT2D eigenvalue weighted by molar-refractivity contribution is 0.300. The minimum absolute atomic E-state index is 0.0518. The summed E-state index contributed by atoms with van der Waals surface area (Å²) >= 11 is 0. The number of hydrogen-bond donors (Lipinski definition) is 1. The predicted octanol–water partition coefficient (Wildman–Crippen LogP) is 4.09. The van der Waals surface area contributed by atoms with E-state index in [0.717, 1.165) is 12.4 Å². The molecule has 0 radical (unpaired) electrons. The topological polar surface area (TPSA) is 29.9 Å². The molecule has 0 bridgehead atoms. The van der Waals surface area contributed by atoms with Gasteiger partial charge in [0.15, 0.2) is 0 Å². The predicted molar refractivity (Wildman–Crippen MR) is 74.4 cm³/mol. The highest BCUT2D eigenvalue weighted by Gasteiger charge is 2.26. The molecule has 0 spiro atoms. The molecule has 0 aliphatic carbocycles. The van der Waals surface area contributed by atoms with Crippen LogP contribution in [0.1, 0.15) is 60.9 Å². The Kier molecular flexibility index (Phi) is 3.90. The van der Waals surface area contributed by atoms with Gasteiger partial charge in [0.1, 0.15) is 0 Å². The molecule has 3 nitrogen and oxygen atoms in total. The van der Waals surface area contributed by atoms with Gasteiger partial charge in [-0.25, -0.2) is 4.98 Å². The van der Waals surface area contributed by atoms with Crippen molar-refractivity contribution in [3.05, 3.63) is 12.4 Å². The van der Waals surface area contributed by atoms with E-state index in [0.29, 0.717) is 11.5 Å². The van der Waals surface area contributed by atoms with E-state index >= 15 is 0 Å². The maximum absolute atomic E-state index is 4.40. The van der Waals surface area contributed by atoms with Crippen molar-refractivity contribution >= 4 is 5.95 Å². The summed E-state index contributed by atoms with van der Waals surface area (Å²) in [6, 6.07) is 0.436. The van der Waals surface area contributed by atoms with Crippen LogP contribution in [0.25, 0.3) is 0 Å². The van der Waals surface area contributed by atoms with Gasteiger partial charge in [-0.3, -0.25) is 0 Å². The average Bonchev–Trinajstić information content (AvgIpc) is 2.45. The molecule has 0 saturated heterocycles. The van der Waals surface area contributed by atoms with Crippen LogP contribution in [0.3, 0.4) is 0 Å². The molecule has 1 aromatic heterocycles. The van der Waals surface area contributed by atoms with Crippen LogP contribution in [-0.2, 0) is 0 Å². The zero-order valence-electron chi connectivity index (χ0n) is 12.3. The minimum atomic E-state index is 0.0518. The van der Waals surface area contributed by atoms with E-state index in [1.165, 1.54) is 0 Å². The zero-order chi connectivity index (χ0) is 13.3. The van der Waals surface area contributed by atoms with Crippen LogP contribution in [-0.4, -0.2) is 15.1 Å². The van der Waals surface area contributed by atoms with Crippen LogP contribution in [0.2, 0.25) is 0 Å². The number of rotatable bonds is 4. The Morgan fingerprint density at radius 1 is 1.24 bits per heavy atom. The van der Waals surface area contributed by atoms with Crippen LogP contribution in [0.4, 0.5) is 5.95 Å². The first-order chi connectivity index (χ1) is 7.61. The molecule has 0 aromatic carbocycles. The number of nitrogens with zero attached hydrogens (tertiary/aromatic N) is 2. The van der Waals surface area contributed by atoms with Gasteiger partial charge in [0.2, 0.25) is 5.95 Å². The van der Waals surface area contributed by atoms with Crippen LogP contribution in [0, 0.1) is 5.41 Å². The third-order valence-corrected chi connectivity index (χ3v) is 2.65. The summed E-state index contributed by atoms with van der Waals surface area (Å²) in [4.78, 5) is 4.40. The zero-order valence-corrected chi connectivity index (χ0v) is 12.3. The minimum Gasteiger partial charge on any atom is -0.351 e. The van der Waals surface area contributed by atoms with Crippen molar-refractivity contribution in [2.24, 2.45) is 5.41 Å². The van der Waals surface area contributed by atoms with E-state index in [2.05, 4.69) is 63.3 Å². The highest BCUT2D eigenvalue weighted by molar-refractivity contribution is 5.30. The molecule has 98 valence electrons. The molecule has 0 aliphatic heterocycles. The fraction of sp³-hybridized carbons (Fsp3) is 0.786. The first kappa shape index (κ1) is 14.1. The molecule has 17 heavy (non-hydrogen) atoms. The molecule has 1 rings (SSSR count). The van der Waals surface area contributed by atoms with Gasteiger partial charge < -0.3 is 9.88 Å². The van der Waals surface area contributed by atoms with Gasteiger partial charge in [-0.2, -0.15) is 0 Å². The molecule has 0 unspecified atom stereocenters. The molecule has 0 aliphatic rings. The van der Waals surface area contributed by atoms with Gasteiger partial charge >= 0.3 is 0 Å². The Balaban J connectivity index is 2.79. The monoisotopic (exact) mass is 237 g/mol. The van der Waals surface area contributed by atoms with Crippen molar-refractivity contribution in [1.82, 2.24) is 9.55 Å². The first-order valence-electron chi connectivity index (χ1n) is 6.42. The molecule has 0 amide bonds. The molecule has 1 N–H and O–H groups in total. The molecule has 0 atom stereocenters. The third-order valence-electron chi connectivity index (χ3n) is 2.65. The van der Waals surface area contributed by atoms with Gasteiger partial charge in [-0.05, 0) is 39.5 Å². The van der Waals surface area contributed by atoms with E-state index in [9.17, 15) is 0 Å². The molecule has 3 heteroatoms. The van der Waals surface area contributed by atoms with Gasteiger partial charge in [-0.1, -0.05) is 20.8 Å². The molecular weight excluding hydrogens is 210 g/mol. The van der Waals surface area contributed by atoms with E-state index in [1.807, 2.05) is 12.4 Å². The Labute approximate surface area is 106 Å². The fourth-order valence-corrected chi connectivity index (χ4v) is 2.50. The van der Waals surface area contributed by atoms with Gasteiger partial charge in [0, 0.05) is 24.0 Å². The van der Waals surface area contributed by atoms with Crippen molar-refractivity contribution in [2.45, 2.75) is 66.5 Å². The quantitative estimate of drug-likeness (QED) is 0.854. The van der Waals surface area contributed by atoms with Crippen LogP contribution in [0.15, 0.2) is 12.4 Å². The van der Waals surface area contributed by atoms with Crippen LogP contribution in [0.5, 0.6) is 0 Å². The van der Waals surface area contributed by atoms with Gasteiger partial charge in [-0.15, -0.1) is 0 Å². The molecule has 1 heterocycles. The summed E-state index contributed by atoms with van der Waals surface area (Å²) in [5, 5.41) is 3.56. The number of anilines is 1. The highest BCUT2D eigenvalue weighted by atomic mass is 15.2. The Morgan fingerprint density at radius 3 is 2.29 bits per heavy atom. The van der Waals surface area contributed by atoms with Gasteiger partial charge in [0.05, 0.1) is 0 Å². The summed E-state index contributed by atoms with van der Waals surface area (Å²) in [7, 11) is 0. The molecule has 0 saturated carbocycles. The normalized spacial score (nSPS) is 13.2. The van der Waals surface area contributed by atoms with Crippen molar-refractivity contribution < 1.29 is 0 Å². The van der Waals surface area contributed by atoms with Crippen LogP contribution >= 0.6 is 0 Å². The van der Waals surface area contributed by atoms with Crippen LogP contribution < -0.4 is 5.32 Å². The average molecular weight is 237 g/mol. The molecule has 1 aromatic rings. The maximum Gasteiger partial charge on any atom is 0.203 e. The molecular formula is C14H27N3. The Morgan fingerprint density at radius 2 is 1.82 bits per heavy atom. The summed E-state index contributed by atoms with van der Waals surface area (Å²) in [5.74, 6) is 0.967. The lowest BCUT2D eigenvalue weighted by Gasteiger charge is -2.34. The number of aromatic nitrogens is 2. The smallest absolute Gasteiger partial charge is 0.203 e. The lowest BCUT2D eigenvalue weighted by atomic mass is 9.82. The summed E-state index contributed by atoms with van der Waals surface area (Å²) < 4.78 is 2.17. The number of hydrogen-bond acceptors (Lipinski definition) is 2. The second-order valence-corrected chi connectivity index (χ2v) is 7.00. The van der Waals surface area contributed by atoms with E-state index in [-0.39, 0.29) is 5.54 Å². The third kappa shape index (κ3) is 4.41. The lowest BCUT2D eigenvalue weighted by Crippen LogP contribution is -2.36. The SMILES string of the molecule is CC(C)n1ccnc1NC(C)(C)CC(C)(C)C. The van der Waals surface area contributed by atoms with E-state index in [1.54, 1.807) is 0 Å². The summed E-state index contributed by atoms with van der Waals surface area (Å²) in [6.07, 6.45) is 4.99. The Bertz CT molecular complexity index is 356. The molecule has 0 fully saturated rings. The number of imidazole rings is 1. The second-order valence-electron chi connectivity index (χ2n) is 7.00. The van der Waals surface area contributed by atoms with Crippen molar-refractivity contribution in [2.75, 3.05) is 5.32 Å². The largest absolute Gasteiger partial charge is 0.351 e. The van der Waals surface area contributed by atoms with E-state index in [4.69, 9.17) is 0 Å². The highest BCUT2D eigenvalue weighted by Crippen LogP contribution is 2.29. The van der Waals surface area contributed by atoms with E-state index < -0.39 is 0 Å². The van der Waals surface area contributed by atoms with Crippen molar-refractivity contribution in [3.63, 3.8) is 0 Å². The van der Waals surface area contributed by atoms with Crippen molar-refractivity contribution in [1.29, 1.82) is 0 Å². The number of nitrogens with one attached hydrogen (secondary N) is 1.